The molecule has 0 aliphatic heterocycles. The second kappa shape index (κ2) is 6.49. The number of aliphatic hydroxyl groups is 1. The molecule has 0 saturated heterocycles. The highest BCUT2D eigenvalue weighted by atomic mass is 16.5. The monoisotopic (exact) mass is 335 g/mol. The molecular formula is C19H17N3O3. The maximum absolute atomic E-state index is 9.69. The van der Waals surface area contributed by atoms with Crippen LogP contribution < -0.4 is 0 Å². The molecule has 1 atom stereocenters. The Hall–Kier alpha value is -2.99. The normalized spacial score (nSPS) is 12.6. The zero-order valence-corrected chi connectivity index (χ0v) is 13.7. The van der Waals surface area contributed by atoms with E-state index in [0.29, 0.717) is 18.1 Å². The van der Waals surface area contributed by atoms with Crippen molar-refractivity contribution in [3.63, 3.8) is 0 Å². The molecule has 0 bridgehead atoms. The van der Waals surface area contributed by atoms with E-state index in [2.05, 4.69) is 15.1 Å². The molecule has 25 heavy (non-hydrogen) atoms. The van der Waals surface area contributed by atoms with Gasteiger partial charge in [-0.3, -0.25) is 0 Å². The van der Waals surface area contributed by atoms with Gasteiger partial charge in [-0.1, -0.05) is 29.4 Å². The Morgan fingerprint density at radius 3 is 2.92 bits per heavy atom. The minimum Gasteiger partial charge on any atom is -0.443 e. The number of oxazole rings is 1. The predicted molar refractivity (Wildman–Crippen MR) is 91.8 cm³/mol. The third-order valence-corrected chi connectivity index (χ3v) is 4.12. The van der Waals surface area contributed by atoms with Crippen LogP contribution in [0.1, 0.15) is 30.0 Å². The second-order valence-electron chi connectivity index (χ2n) is 5.97. The summed E-state index contributed by atoms with van der Waals surface area (Å²) in [4.78, 5) is 8.62. The van der Waals surface area contributed by atoms with E-state index >= 15 is 0 Å². The fourth-order valence-electron chi connectivity index (χ4n) is 2.72. The number of benzene rings is 2. The van der Waals surface area contributed by atoms with Crippen molar-refractivity contribution in [1.29, 1.82) is 0 Å². The Kier molecular flexibility index (Phi) is 4.03. The highest BCUT2D eigenvalue weighted by molar-refractivity contribution is 5.72. The van der Waals surface area contributed by atoms with Crippen molar-refractivity contribution in [3.05, 3.63) is 65.9 Å². The zero-order valence-electron chi connectivity index (χ0n) is 13.7. The molecule has 6 heteroatoms. The minimum absolute atomic E-state index is 0.530. The Bertz CT molecular complexity index is 1000. The number of hydrogen-bond acceptors (Lipinski definition) is 6. The first-order valence-electron chi connectivity index (χ1n) is 8.12. The molecule has 0 unspecified atom stereocenters. The molecule has 2 aromatic carbocycles. The van der Waals surface area contributed by atoms with Crippen molar-refractivity contribution in [1.82, 2.24) is 15.1 Å². The van der Waals surface area contributed by atoms with Crippen LogP contribution >= 0.6 is 0 Å². The standard InChI is InChI=1S/C19H17N3O3/c1-12(23)14-3-2-4-15(10-14)19-21-18(25-22-19)8-6-13-5-7-17-16(9-13)20-11-24-17/h2-5,7,9-12,23H,6,8H2,1H3/t12-/m1/s1. The average molecular weight is 335 g/mol. The number of rotatable bonds is 5. The first-order chi connectivity index (χ1) is 12.2. The first kappa shape index (κ1) is 15.5. The van der Waals surface area contributed by atoms with Crippen molar-refractivity contribution >= 4 is 11.1 Å². The van der Waals surface area contributed by atoms with Crippen LogP contribution in [0.15, 0.2) is 57.8 Å². The summed E-state index contributed by atoms with van der Waals surface area (Å²) >= 11 is 0. The Morgan fingerprint density at radius 1 is 1.12 bits per heavy atom. The molecule has 0 spiro atoms. The maximum Gasteiger partial charge on any atom is 0.227 e. The van der Waals surface area contributed by atoms with Crippen LogP contribution in [0.5, 0.6) is 0 Å². The van der Waals surface area contributed by atoms with E-state index in [4.69, 9.17) is 8.94 Å². The molecule has 4 aromatic rings. The number of aromatic nitrogens is 3. The van der Waals surface area contributed by atoms with Crippen LogP contribution in [0, 0.1) is 0 Å². The highest BCUT2D eigenvalue weighted by Gasteiger charge is 2.11. The van der Waals surface area contributed by atoms with Gasteiger partial charge in [0.05, 0.1) is 6.10 Å². The molecule has 4 rings (SSSR count). The lowest BCUT2D eigenvalue weighted by molar-refractivity contribution is 0.199. The van der Waals surface area contributed by atoms with E-state index in [9.17, 15) is 5.11 Å². The lowest BCUT2D eigenvalue weighted by Gasteiger charge is -2.04. The van der Waals surface area contributed by atoms with Gasteiger partial charge in [-0.2, -0.15) is 4.98 Å². The van der Waals surface area contributed by atoms with Crippen LogP contribution in [-0.2, 0) is 12.8 Å². The Labute approximate surface area is 144 Å². The van der Waals surface area contributed by atoms with Crippen molar-refractivity contribution in [2.24, 2.45) is 0 Å². The summed E-state index contributed by atoms with van der Waals surface area (Å²) in [6, 6.07) is 13.4. The molecule has 6 nitrogen and oxygen atoms in total. The number of fused-ring (bicyclic) bond motifs is 1. The summed E-state index contributed by atoms with van der Waals surface area (Å²) in [5.74, 6) is 1.11. The van der Waals surface area contributed by atoms with E-state index in [1.165, 1.54) is 6.39 Å². The first-order valence-corrected chi connectivity index (χ1v) is 8.12. The fraction of sp³-hybridized carbons (Fsp3) is 0.211. The maximum atomic E-state index is 9.69. The number of nitrogens with zero attached hydrogens (tertiary/aromatic N) is 3. The van der Waals surface area contributed by atoms with Crippen molar-refractivity contribution in [2.75, 3.05) is 0 Å². The van der Waals surface area contributed by atoms with E-state index < -0.39 is 6.10 Å². The summed E-state index contributed by atoms with van der Waals surface area (Å²) in [5.41, 5.74) is 4.42. The van der Waals surface area contributed by atoms with Crippen LogP contribution in [0.25, 0.3) is 22.5 Å². The number of hydrogen-bond donors (Lipinski definition) is 1. The summed E-state index contributed by atoms with van der Waals surface area (Å²) in [6.07, 6.45) is 2.34. The van der Waals surface area contributed by atoms with Crippen LogP contribution in [0.2, 0.25) is 0 Å². The van der Waals surface area contributed by atoms with Gasteiger partial charge in [-0.25, -0.2) is 4.98 Å². The SMILES string of the molecule is C[C@@H](O)c1cccc(-c2noc(CCc3ccc4ocnc4c3)n2)c1. The highest BCUT2D eigenvalue weighted by Crippen LogP contribution is 2.21. The van der Waals surface area contributed by atoms with Gasteiger partial charge in [-0.15, -0.1) is 0 Å². The largest absolute Gasteiger partial charge is 0.443 e. The molecule has 0 aliphatic rings. The molecule has 1 N–H and O–H groups in total. The quantitative estimate of drug-likeness (QED) is 0.598. The average Bonchev–Trinajstić information content (AvgIpc) is 3.29. The van der Waals surface area contributed by atoms with Gasteiger partial charge >= 0.3 is 0 Å². The third kappa shape index (κ3) is 3.29. The number of aliphatic hydroxyl groups excluding tert-OH is 1. The van der Waals surface area contributed by atoms with E-state index in [1.807, 2.05) is 42.5 Å². The van der Waals surface area contributed by atoms with E-state index in [-0.39, 0.29) is 0 Å². The van der Waals surface area contributed by atoms with Gasteiger partial charge in [0.2, 0.25) is 11.7 Å². The van der Waals surface area contributed by atoms with E-state index in [0.717, 1.165) is 34.2 Å². The summed E-state index contributed by atoms with van der Waals surface area (Å²) < 4.78 is 10.6. The Balaban J connectivity index is 1.48. The third-order valence-electron chi connectivity index (χ3n) is 4.12. The topological polar surface area (TPSA) is 85.2 Å². The molecule has 0 amide bonds. The molecule has 0 saturated carbocycles. The van der Waals surface area contributed by atoms with Gasteiger partial charge in [0, 0.05) is 12.0 Å². The van der Waals surface area contributed by atoms with Gasteiger partial charge in [0.1, 0.15) is 5.52 Å². The lowest BCUT2D eigenvalue weighted by atomic mass is 10.1. The van der Waals surface area contributed by atoms with Gasteiger partial charge in [0.25, 0.3) is 0 Å². The smallest absolute Gasteiger partial charge is 0.227 e. The second-order valence-corrected chi connectivity index (χ2v) is 5.97. The van der Waals surface area contributed by atoms with Crippen LogP contribution in [-0.4, -0.2) is 20.2 Å². The van der Waals surface area contributed by atoms with Crippen LogP contribution in [0.3, 0.4) is 0 Å². The molecule has 0 fully saturated rings. The van der Waals surface area contributed by atoms with E-state index in [1.54, 1.807) is 6.92 Å². The lowest BCUT2D eigenvalue weighted by Crippen LogP contribution is -1.93. The Morgan fingerprint density at radius 2 is 2.04 bits per heavy atom. The van der Waals surface area contributed by atoms with Crippen molar-refractivity contribution < 1.29 is 14.0 Å². The van der Waals surface area contributed by atoms with Crippen molar-refractivity contribution in [3.8, 4) is 11.4 Å². The molecular weight excluding hydrogens is 318 g/mol. The molecule has 2 heterocycles. The summed E-state index contributed by atoms with van der Waals surface area (Å²) in [6.45, 7) is 1.73. The number of aryl methyl sites for hydroxylation is 2. The van der Waals surface area contributed by atoms with Gasteiger partial charge in [-0.05, 0) is 42.7 Å². The molecule has 0 radical (unpaired) electrons. The van der Waals surface area contributed by atoms with Crippen LogP contribution in [0.4, 0.5) is 0 Å². The minimum atomic E-state index is -0.530. The summed E-state index contributed by atoms with van der Waals surface area (Å²) in [7, 11) is 0. The zero-order chi connectivity index (χ0) is 17.2. The fourth-order valence-corrected chi connectivity index (χ4v) is 2.72. The van der Waals surface area contributed by atoms with Gasteiger partial charge < -0.3 is 14.0 Å². The molecule has 2 aromatic heterocycles. The summed E-state index contributed by atoms with van der Waals surface area (Å²) in [5, 5.41) is 13.7. The van der Waals surface area contributed by atoms with Crippen molar-refractivity contribution in [2.45, 2.75) is 25.9 Å². The molecule has 126 valence electrons. The predicted octanol–water partition coefficient (Wildman–Crippen LogP) is 3.72. The van der Waals surface area contributed by atoms with Gasteiger partial charge in [0.15, 0.2) is 12.0 Å². The molecule has 0 aliphatic carbocycles.